The van der Waals surface area contributed by atoms with Gasteiger partial charge in [-0.05, 0) is 6.07 Å². The third-order valence-electron chi connectivity index (χ3n) is 2.12. The standard InChI is InChI=1S/C11H14F2N2O3/c1-15(4-5-16)11(17)8-2-3-10(14-6-8)18-7-9(12)13/h2-3,6,9,16H,4-5,7H2,1H3. The highest BCUT2D eigenvalue weighted by Crippen LogP contribution is 2.10. The van der Waals surface area contributed by atoms with Gasteiger partial charge in [0.2, 0.25) is 5.88 Å². The van der Waals surface area contributed by atoms with Crippen molar-refractivity contribution in [3.8, 4) is 5.88 Å². The molecule has 18 heavy (non-hydrogen) atoms. The molecule has 0 aliphatic rings. The Hall–Kier alpha value is -1.76. The van der Waals surface area contributed by atoms with Crippen molar-refractivity contribution in [1.82, 2.24) is 9.88 Å². The van der Waals surface area contributed by atoms with Gasteiger partial charge in [0.05, 0.1) is 12.2 Å². The van der Waals surface area contributed by atoms with Gasteiger partial charge in [0.15, 0.2) is 6.61 Å². The molecule has 7 heteroatoms. The lowest BCUT2D eigenvalue weighted by molar-refractivity contribution is 0.0760. The number of ether oxygens (including phenoxy) is 1. The molecule has 1 rings (SSSR count). The lowest BCUT2D eigenvalue weighted by Crippen LogP contribution is -2.29. The number of rotatable bonds is 6. The van der Waals surface area contributed by atoms with Crippen LogP contribution in [0.5, 0.6) is 5.88 Å². The first-order valence-electron chi connectivity index (χ1n) is 5.28. The number of carbonyl (C=O) groups is 1. The van der Waals surface area contributed by atoms with Crippen LogP contribution in [0.1, 0.15) is 10.4 Å². The van der Waals surface area contributed by atoms with Crippen LogP contribution in [-0.4, -0.2) is 54.1 Å². The largest absolute Gasteiger partial charge is 0.472 e. The zero-order valence-electron chi connectivity index (χ0n) is 9.84. The van der Waals surface area contributed by atoms with Crippen LogP contribution in [0.15, 0.2) is 18.3 Å². The number of carbonyl (C=O) groups excluding carboxylic acids is 1. The number of nitrogens with zero attached hydrogens (tertiary/aromatic N) is 2. The van der Waals surface area contributed by atoms with Gasteiger partial charge in [-0.3, -0.25) is 4.79 Å². The van der Waals surface area contributed by atoms with Crippen molar-refractivity contribution in [3.63, 3.8) is 0 Å². The number of halogens is 2. The molecule has 100 valence electrons. The summed E-state index contributed by atoms with van der Waals surface area (Å²) in [6.07, 6.45) is -1.32. The Labute approximate surface area is 103 Å². The lowest BCUT2D eigenvalue weighted by Gasteiger charge is -2.15. The van der Waals surface area contributed by atoms with E-state index < -0.39 is 13.0 Å². The van der Waals surface area contributed by atoms with Gasteiger partial charge in [-0.1, -0.05) is 0 Å². The number of hydrogen-bond donors (Lipinski definition) is 1. The summed E-state index contributed by atoms with van der Waals surface area (Å²) in [4.78, 5) is 16.8. The smallest absolute Gasteiger partial charge is 0.272 e. The number of aliphatic hydroxyl groups is 1. The molecule has 5 nitrogen and oxygen atoms in total. The topological polar surface area (TPSA) is 62.7 Å². The van der Waals surface area contributed by atoms with E-state index in [1.54, 1.807) is 7.05 Å². The molecule has 0 bridgehead atoms. The van der Waals surface area contributed by atoms with Gasteiger partial charge in [-0.25, -0.2) is 13.8 Å². The summed E-state index contributed by atoms with van der Waals surface area (Å²) in [6, 6.07) is 2.78. The van der Waals surface area contributed by atoms with E-state index in [-0.39, 0.29) is 24.9 Å². The van der Waals surface area contributed by atoms with Crippen molar-refractivity contribution in [2.24, 2.45) is 0 Å². The van der Waals surface area contributed by atoms with Crippen molar-refractivity contribution in [3.05, 3.63) is 23.9 Å². The second-order valence-corrected chi connectivity index (χ2v) is 3.54. The van der Waals surface area contributed by atoms with E-state index >= 15 is 0 Å². The van der Waals surface area contributed by atoms with Crippen LogP contribution in [0.3, 0.4) is 0 Å². The van der Waals surface area contributed by atoms with Gasteiger partial charge >= 0.3 is 0 Å². The average Bonchev–Trinajstić information content (AvgIpc) is 2.36. The van der Waals surface area contributed by atoms with Crippen LogP contribution in [0.25, 0.3) is 0 Å². The van der Waals surface area contributed by atoms with Crippen LogP contribution >= 0.6 is 0 Å². The molecule has 0 radical (unpaired) electrons. The van der Waals surface area contributed by atoms with Crippen molar-refractivity contribution in [2.75, 3.05) is 26.8 Å². The number of pyridine rings is 1. The zero-order valence-corrected chi connectivity index (χ0v) is 9.84. The summed E-state index contributed by atoms with van der Waals surface area (Å²) < 4.78 is 28.4. The number of likely N-dealkylation sites (N-methyl/N-ethyl adjacent to an activating group) is 1. The molecule has 0 unspecified atom stereocenters. The molecule has 1 aromatic heterocycles. The number of aliphatic hydroxyl groups excluding tert-OH is 1. The molecule has 1 amide bonds. The first kappa shape index (κ1) is 14.3. The monoisotopic (exact) mass is 260 g/mol. The fourth-order valence-corrected chi connectivity index (χ4v) is 1.21. The highest BCUT2D eigenvalue weighted by molar-refractivity contribution is 5.93. The molecular formula is C11H14F2N2O3. The zero-order chi connectivity index (χ0) is 13.5. The van der Waals surface area contributed by atoms with E-state index in [1.807, 2.05) is 0 Å². The fourth-order valence-electron chi connectivity index (χ4n) is 1.21. The van der Waals surface area contributed by atoms with E-state index in [1.165, 1.54) is 23.2 Å². The highest BCUT2D eigenvalue weighted by atomic mass is 19.3. The average molecular weight is 260 g/mol. The molecule has 1 N–H and O–H groups in total. The summed E-state index contributed by atoms with van der Waals surface area (Å²) in [5.41, 5.74) is 0.301. The predicted molar refractivity (Wildman–Crippen MR) is 59.8 cm³/mol. The van der Waals surface area contributed by atoms with E-state index in [0.29, 0.717) is 5.56 Å². The van der Waals surface area contributed by atoms with E-state index in [9.17, 15) is 13.6 Å². The van der Waals surface area contributed by atoms with Crippen molar-refractivity contribution in [2.45, 2.75) is 6.43 Å². The molecule has 1 heterocycles. The van der Waals surface area contributed by atoms with Crippen LogP contribution in [0.4, 0.5) is 8.78 Å². The molecule has 0 atom stereocenters. The Morgan fingerprint density at radius 1 is 1.56 bits per heavy atom. The maximum Gasteiger partial charge on any atom is 0.272 e. The molecule has 0 spiro atoms. The van der Waals surface area contributed by atoms with Crippen molar-refractivity contribution in [1.29, 1.82) is 0 Å². The summed E-state index contributed by atoms with van der Waals surface area (Å²) in [5.74, 6) is -0.270. The number of amides is 1. The Morgan fingerprint density at radius 3 is 2.78 bits per heavy atom. The maximum absolute atomic E-state index is 11.9. The van der Waals surface area contributed by atoms with Gasteiger partial charge < -0.3 is 14.7 Å². The van der Waals surface area contributed by atoms with Gasteiger partial charge in [-0.2, -0.15) is 0 Å². The Balaban J connectivity index is 2.62. The van der Waals surface area contributed by atoms with Gasteiger partial charge in [0.1, 0.15) is 0 Å². The minimum Gasteiger partial charge on any atom is -0.472 e. The second-order valence-electron chi connectivity index (χ2n) is 3.54. The van der Waals surface area contributed by atoms with E-state index in [0.717, 1.165) is 0 Å². The normalized spacial score (nSPS) is 10.5. The minimum absolute atomic E-state index is 0.0386. The van der Waals surface area contributed by atoms with Crippen LogP contribution < -0.4 is 4.74 Å². The molecule has 0 aliphatic heterocycles. The van der Waals surface area contributed by atoms with Crippen molar-refractivity contribution >= 4 is 5.91 Å². The lowest BCUT2D eigenvalue weighted by atomic mass is 10.2. The Bertz CT molecular complexity index is 384. The number of hydrogen-bond acceptors (Lipinski definition) is 4. The van der Waals surface area contributed by atoms with Gasteiger partial charge in [-0.15, -0.1) is 0 Å². The summed E-state index contributed by atoms with van der Waals surface area (Å²) in [5, 5.41) is 8.70. The van der Waals surface area contributed by atoms with Crippen molar-refractivity contribution < 1.29 is 23.4 Å². The SMILES string of the molecule is CN(CCO)C(=O)c1ccc(OCC(F)F)nc1. The Kier molecular flexibility index (Phi) is 5.44. The van der Waals surface area contributed by atoms with Gasteiger partial charge in [0, 0.05) is 25.9 Å². The third kappa shape index (κ3) is 4.25. The molecule has 0 fully saturated rings. The number of aromatic nitrogens is 1. The summed E-state index contributed by atoms with van der Waals surface area (Å²) in [7, 11) is 1.54. The summed E-state index contributed by atoms with van der Waals surface area (Å²) >= 11 is 0. The van der Waals surface area contributed by atoms with Crippen LogP contribution in [0, 0.1) is 0 Å². The molecular weight excluding hydrogens is 246 g/mol. The second kappa shape index (κ2) is 6.85. The van der Waals surface area contributed by atoms with Gasteiger partial charge in [0.25, 0.3) is 12.3 Å². The minimum atomic E-state index is -2.57. The highest BCUT2D eigenvalue weighted by Gasteiger charge is 2.12. The maximum atomic E-state index is 11.9. The molecule has 0 aliphatic carbocycles. The Morgan fingerprint density at radius 2 is 2.28 bits per heavy atom. The molecule has 0 aromatic carbocycles. The van der Waals surface area contributed by atoms with E-state index in [2.05, 4.69) is 9.72 Å². The fraction of sp³-hybridized carbons (Fsp3) is 0.455. The quantitative estimate of drug-likeness (QED) is 0.821. The van der Waals surface area contributed by atoms with E-state index in [4.69, 9.17) is 5.11 Å². The van der Waals surface area contributed by atoms with Crippen LogP contribution in [-0.2, 0) is 0 Å². The first-order chi connectivity index (χ1) is 8.54. The molecule has 0 saturated heterocycles. The van der Waals surface area contributed by atoms with Crippen LogP contribution in [0.2, 0.25) is 0 Å². The third-order valence-corrected chi connectivity index (χ3v) is 2.12. The number of alkyl halides is 2. The molecule has 1 aromatic rings. The summed E-state index contributed by atoms with van der Waals surface area (Å²) in [6.45, 7) is -0.654. The first-order valence-corrected chi connectivity index (χ1v) is 5.28. The molecule has 0 saturated carbocycles. The predicted octanol–water partition coefficient (Wildman–Crippen LogP) is 0.790.